The van der Waals surface area contributed by atoms with Gasteiger partial charge in [0.15, 0.2) is 0 Å². The monoisotopic (exact) mass is 395 g/mol. The largest absolute Gasteiger partial charge is 0.457 e. The Morgan fingerprint density at radius 3 is 2.21 bits per heavy atom. The van der Waals surface area contributed by atoms with Gasteiger partial charge in [0.25, 0.3) is 5.91 Å². The second-order valence-corrected chi connectivity index (χ2v) is 7.18. The second kappa shape index (κ2) is 8.96. The highest BCUT2D eigenvalue weighted by Crippen LogP contribution is 2.23. The molecular formula is C22H25N3O4. The summed E-state index contributed by atoms with van der Waals surface area (Å²) >= 11 is 0. The first-order valence-corrected chi connectivity index (χ1v) is 9.98. The lowest BCUT2D eigenvalue weighted by atomic mass is 10.2. The van der Waals surface area contributed by atoms with Gasteiger partial charge in [-0.05, 0) is 49.2 Å². The zero-order chi connectivity index (χ0) is 20.1. The Labute approximate surface area is 170 Å². The number of nitrogens with one attached hydrogen (secondary N) is 1. The molecule has 152 valence electrons. The molecule has 2 aromatic rings. The van der Waals surface area contributed by atoms with Gasteiger partial charge < -0.3 is 24.6 Å². The Hall–Kier alpha value is -3.06. The van der Waals surface area contributed by atoms with Crippen LogP contribution in [0.5, 0.6) is 11.5 Å². The number of anilines is 1. The van der Waals surface area contributed by atoms with E-state index in [1.54, 1.807) is 9.80 Å². The summed E-state index contributed by atoms with van der Waals surface area (Å²) < 4.78 is 11.2. The molecule has 0 bridgehead atoms. The third kappa shape index (κ3) is 4.86. The summed E-state index contributed by atoms with van der Waals surface area (Å²) in [6.45, 7) is 2.76. The molecule has 0 spiro atoms. The lowest BCUT2D eigenvalue weighted by molar-refractivity contribution is -0.142. The average molecular weight is 395 g/mol. The van der Waals surface area contributed by atoms with Gasteiger partial charge in [0.05, 0.1) is 0 Å². The van der Waals surface area contributed by atoms with Crippen LogP contribution in [0.3, 0.4) is 0 Å². The Kier molecular flexibility index (Phi) is 5.95. The summed E-state index contributed by atoms with van der Waals surface area (Å²) in [5.41, 5.74) is 0.702. The molecule has 2 fully saturated rings. The summed E-state index contributed by atoms with van der Waals surface area (Å²) in [6, 6.07) is 16.6. The second-order valence-electron chi connectivity index (χ2n) is 7.18. The third-order valence-electron chi connectivity index (χ3n) is 5.17. The van der Waals surface area contributed by atoms with E-state index in [0.717, 1.165) is 18.6 Å². The summed E-state index contributed by atoms with van der Waals surface area (Å²) in [4.78, 5) is 28.5. The van der Waals surface area contributed by atoms with E-state index < -0.39 is 0 Å². The highest BCUT2D eigenvalue weighted by Gasteiger charge is 2.31. The minimum atomic E-state index is -0.299. The number of hydrogen-bond acceptors (Lipinski definition) is 4. The topological polar surface area (TPSA) is 71.1 Å². The molecule has 2 aliphatic heterocycles. The number of amides is 3. The van der Waals surface area contributed by atoms with Crippen LogP contribution in [-0.2, 0) is 9.53 Å². The van der Waals surface area contributed by atoms with Crippen molar-refractivity contribution in [1.82, 2.24) is 9.80 Å². The van der Waals surface area contributed by atoms with Gasteiger partial charge in [0.2, 0.25) is 0 Å². The first kappa shape index (κ1) is 19.3. The number of rotatable bonds is 4. The van der Waals surface area contributed by atoms with Crippen LogP contribution in [0.25, 0.3) is 0 Å². The van der Waals surface area contributed by atoms with Crippen molar-refractivity contribution in [3.63, 3.8) is 0 Å². The van der Waals surface area contributed by atoms with E-state index in [2.05, 4.69) is 5.32 Å². The smallest absolute Gasteiger partial charge is 0.321 e. The van der Waals surface area contributed by atoms with Crippen LogP contribution in [0.1, 0.15) is 12.8 Å². The van der Waals surface area contributed by atoms with Crippen LogP contribution in [0.4, 0.5) is 10.5 Å². The van der Waals surface area contributed by atoms with Crippen molar-refractivity contribution >= 4 is 17.6 Å². The average Bonchev–Trinajstić information content (AvgIpc) is 3.30. The maximum atomic E-state index is 12.5. The maximum Gasteiger partial charge on any atom is 0.321 e. The molecule has 0 radical (unpaired) electrons. The predicted octanol–water partition coefficient (Wildman–Crippen LogP) is 3.33. The quantitative estimate of drug-likeness (QED) is 0.862. The molecule has 2 aromatic carbocycles. The zero-order valence-corrected chi connectivity index (χ0v) is 16.3. The highest BCUT2D eigenvalue weighted by atomic mass is 16.5. The maximum absolute atomic E-state index is 12.5. The Morgan fingerprint density at radius 1 is 0.897 bits per heavy atom. The number of ether oxygens (including phenoxy) is 2. The molecule has 29 heavy (non-hydrogen) atoms. The molecule has 0 unspecified atom stereocenters. The first-order chi connectivity index (χ1) is 14.2. The fourth-order valence-electron chi connectivity index (χ4n) is 3.54. The number of carbonyl (C=O) groups excluding carboxylic acids is 2. The molecule has 7 heteroatoms. The van der Waals surface area contributed by atoms with Crippen molar-refractivity contribution in [1.29, 1.82) is 0 Å². The van der Waals surface area contributed by atoms with E-state index in [4.69, 9.17) is 9.47 Å². The van der Waals surface area contributed by atoms with Crippen LogP contribution in [0.2, 0.25) is 0 Å². The Morgan fingerprint density at radius 2 is 1.55 bits per heavy atom. The van der Waals surface area contributed by atoms with Gasteiger partial charge in [-0.15, -0.1) is 0 Å². The number of benzene rings is 2. The Bertz CT molecular complexity index is 827. The van der Waals surface area contributed by atoms with Gasteiger partial charge in [0.1, 0.15) is 17.6 Å². The van der Waals surface area contributed by atoms with Crippen molar-refractivity contribution in [3.8, 4) is 11.5 Å². The normalized spacial score (nSPS) is 19.1. The molecule has 2 saturated heterocycles. The van der Waals surface area contributed by atoms with E-state index in [1.807, 2.05) is 54.6 Å². The minimum Gasteiger partial charge on any atom is -0.457 e. The first-order valence-electron chi connectivity index (χ1n) is 9.98. The van der Waals surface area contributed by atoms with Crippen LogP contribution < -0.4 is 10.1 Å². The van der Waals surface area contributed by atoms with Crippen molar-refractivity contribution in [2.45, 2.75) is 18.9 Å². The minimum absolute atomic E-state index is 0.0524. The van der Waals surface area contributed by atoms with Crippen molar-refractivity contribution in [2.24, 2.45) is 0 Å². The number of nitrogens with zero attached hydrogens (tertiary/aromatic N) is 2. The third-order valence-corrected chi connectivity index (χ3v) is 5.17. The van der Waals surface area contributed by atoms with Gasteiger partial charge in [-0.2, -0.15) is 0 Å². The van der Waals surface area contributed by atoms with Crippen molar-refractivity contribution in [2.75, 3.05) is 38.1 Å². The van der Waals surface area contributed by atoms with Gasteiger partial charge in [-0.3, -0.25) is 4.79 Å². The molecule has 0 aromatic heterocycles. The molecule has 4 rings (SSSR count). The predicted molar refractivity (Wildman–Crippen MR) is 109 cm³/mol. The zero-order valence-electron chi connectivity index (χ0n) is 16.3. The van der Waals surface area contributed by atoms with Crippen LogP contribution in [0, 0.1) is 0 Å². The van der Waals surface area contributed by atoms with E-state index in [0.29, 0.717) is 44.2 Å². The molecule has 0 aliphatic carbocycles. The van der Waals surface area contributed by atoms with Gasteiger partial charge >= 0.3 is 6.03 Å². The highest BCUT2D eigenvalue weighted by molar-refractivity contribution is 5.89. The lowest BCUT2D eigenvalue weighted by Crippen LogP contribution is -2.53. The molecule has 0 saturated carbocycles. The SMILES string of the molecule is O=C(Nc1ccc(Oc2ccccc2)cc1)N1CCN(C(=O)[C@H]2CCCO2)CC1. The van der Waals surface area contributed by atoms with Gasteiger partial charge in [-0.1, -0.05) is 18.2 Å². The standard InChI is InChI=1S/C22H25N3O4/c26-21(20-7-4-16-28-20)24-12-14-25(15-13-24)22(27)23-17-8-10-19(11-9-17)29-18-5-2-1-3-6-18/h1-3,5-6,8-11,20H,4,7,12-16H2,(H,23,27)/t20-/m1/s1. The molecule has 1 N–H and O–H groups in total. The molecule has 2 heterocycles. The number of para-hydroxylation sites is 1. The van der Waals surface area contributed by atoms with E-state index in [1.165, 1.54) is 0 Å². The molecule has 1 atom stereocenters. The van der Waals surface area contributed by atoms with Crippen LogP contribution in [0.15, 0.2) is 54.6 Å². The van der Waals surface area contributed by atoms with Gasteiger partial charge in [-0.25, -0.2) is 4.79 Å². The number of urea groups is 1. The van der Waals surface area contributed by atoms with E-state index in [-0.39, 0.29) is 18.0 Å². The summed E-state index contributed by atoms with van der Waals surface area (Å²) in [5.74, 6) is 1.52. The fraction of sp³-hybridized carbons (Fsp3) is 0.364. The fourth-order valence-corrected chi connectivity index (χ4v) is 3.54. The molecule has 7 nitrogen and oxygen atoms in total. The Balaban J connectivity index is 1.26. The van der Waals surface area contributed by atoms with Crippen molar-refractivity contribution in [3.05, 3.63) is 54.6 Å². The van der Waals surface area contributed by atoms with E-state index in [9.17, 15) is 9.59 Å². The van der Waals surface area contributed by atoms with Crippen molar-refractivity contribution < 1.29 is 19.1 Å². The van der Waals surface area contributed by atoms with Crippen LogP contribution >= 0.6 is 0 Å². The number of carbonyl (C=O) groups is 2. The van der Waals surface area contributed by atoms with Gasteiger partial charge in [0, 0.05) is 38.5 Å². The summed E-state index contributed by atoms with van der Waals surface area (Å²) in [6.07, 6.45) is 1.43. The van der Waals surface area contributed by atoms with E-state index >= 15 is 0 Å². The number of hydrogen-bond donors (Lipinski definition) is 1. The molecule has 2 aliphatic rings. The summed E-state index contributed by atoms with van der Waals surface area (Å²) in [7, 11) is 0. The lowest BCUT2D eigenvalue weighted by Gasteiger charge is -2.35. The van der Waals surface area contributed by atoms with Crippen LogP contribution in [-0.4, -0.2) is 60.6 Å². The summed E-state index contributed by atoms with van der Waals surface area (Å²) in [5, 5.41) is 2.91. The number of piperazine rings is 1. The molecular weight excluding hydrogens is 370 g/mol. The molecule has 3 amide bonds.